The second-order valence-electron chi connectivity index (χ2n) is 2.15. The summed E-state index contributed by atoms with van der Waals surface area (Å²) >= 11 is 0. The van der Waals surface area contributed by atoms with E-state index in [1.54, 1.807) is 0 Å². The van der Waals surface area contributed by atoms with E-state index in [-0.39, 0.29) is 11.7 Å². The molecular weight excluding hydrogens is 168 g/mol. The highest BCUT2D eigenvalue weighted by Crippen LogP contribution is 2.14. The van der Waals surface area contributed by atoms with Gasteiger partial charge in [0, 0.05) is 6.08 Å². The van der Waals surface area contributed by atoms with Crippen LogP contribution in [0.1, 0.15) is 5.69 Å². The third-order valence-electron chi connectivity index (χ3n) is 1.31. The van der Waals surface area contributed by atoms with Crippen LogP contribution in [0.15, 0.2) is 12.3 Å². The first-order valence-corrected chi connectivity index (χ1v) is 3.50. The van der Waals surface area contributed by atoms with E-state index in [0.29, 0.717) is 5.69 Å². The van der Waals surface area contributed by atoms with Gasteiger partial charge in [0.25, 0.3) is 5.88 Å². The van der Waals surface area contributed by atoms with E-state index in [0.717, 1.165) is 0 Å². The standard InChI is InChI=1S/C8H8N4O/c1-13-8-7(10)11-5-6(12-8)3-2-4-9/h2-3,5H,1H3,(H2,10,11). The minimum atomic E-state index is 0.233. The molecule has 0 saturated carbocycles. The monoisotopic (exact) mass is 176 g/mol. The van der Waals surface area contributed by atoms with Gasteiger partial charge >= 0.3 is 0 Å². The Morgan fingerprint density at radius 3 is 3.08 bits per heavy atom. The van der Waals surface area contributed by atoms with E-state index in [9.17, 15) is 0 Å². The first-order chi connectivity index (χ1) is 6.27. The van der Waals surface area contributed by atoms with Crippen molar-refractivity contribution in [2.45, 2.75) is 0 Å². The van der Waals surface area contributed by atoms with E-state index in [4.69, 9.17) is 15.7 Å². The predicted molar refractivity (Wildman–Crippen MR) is 47.6 cm³/mol. The first-order valence-electron chi connectivity index (χ1n) is 3.50. The number of hydrogen-bond acceptors (Lipinski definition) is 5. The van der Waals surface area contributed by atoms with Gasteiger partial charge in [-0.15, -0.1) is 0 Å². The number of aromatic nitrogens is 2. The lowest BCUT2D eigenvalue weighted by Gasteiger charge is -2.01. The number of nitrogens with two attached hydrogens (primary N) is 1. The molecule has 13 heavy (non-hydrogen) atoms. The Balaban J connectivity index is 3.01. The fourth-order valence-electron chi connectivity index (χ4n) is 0.747. The predicted octanol–water partition coefficient (Wildman–Crippen LogP) is 0.604. The van der Waals surface area contributed by atoms with Crippen LogP contribution in [0.25, 0.3) is 6.08 Å². The molecule has 5 heteroatoms. The molecule has 0 aliphatic heterocycles. The van der Waals surface area contributed by atoms with E-state index in [2.05, 4.69) is 9.97 Å². The highest BCUT2D eigenvalue weighted by atomic mass is 16.5. The van der Waals surface area contributed by atoms with Crippen molar-refractivity contribution in [1.29, 1.82) is 5.26 Å². The molecule has 1 heterocycles. The van der Waals surface area contributed by atoms with Crippen LogP contribution < -0.4 is 10.5 Å². The Labute approximate surface area is 75.5 Å². The summed E-state index contributed by atoms with van der Waals surface area (Å²) in [5, 5.41) is 8.27. The van der Waals surface area contributed by atoms with Crippen LogP contribution in [0.4, 0.5) is 5.82 Å². The summed E-state index contributed by atoms with van der Waals surface area (Å²) in [6, 6.07) is 1.85. The van der Waals surface area contributed by atoms with E-state index < -0.39 is 0 Å². The van der Waals surface area contributed by atoms with Gasteiger partial charge in [0.15, 0.2) is 5.82 Å². The highest BCUT2D eigenvalue weighted by molar-refractivity contribution is 5.50. The zero-order valence-electron chi connectivity index (χ0n) is 7.06. The van der Waals surface area contributed by atoms with Crippen molar-refractivity contribution in [3.63, 3.8) is 0 Å². The quantitative estimate of drug-likeness (QED) is 0.667. The van der Waals surface area contributed by atoms with Crippen molar-refractivity contribution in [2.75, 3.05) is 12.8 Å². The maximum absolute atomic E-state index is 8.27. The second-order valence-corrected chi connectivity index (χ2v) is 2.15. The fourth-order valence-corrected chi connectivity index (χ4v) is 0.747. The normalized spacial score (nSPS) is 9.85. The molecule has 0 atom stereocenters. The van der Waals surface area contributed by atoms with E-state index >= 15 is 0 Å². The van der Waals surface area contributed by atoms with Crippen molar-refractivity contribution in [3.05, 3.63) is 18.0 Å². The van der Waals surface area contributed by atoms with Crippen molar-refractivity contribution in [2.24, 2.45) is 0 Å². The molecule has 1 aromatic heterocycles. The highest BCUT2D eigenvalue weighted by Gasteiger charge is 2.01. The molecule has 0 aliphatic carbocycles. The third kappa shape index (κ3) is 2.17. The Hall–Kier alpha value is -2.09. The minimum absolute atomic E-state index is 0.233. The molecule has 0 amide bonds. The molecule has 0 bridgehead atoms. The molecule has 0 fully saturated rings. The van der Waals surface area contributed by atoms with Crippen LogP contribution in [0, 0.1) is 11.3 Å². The smallest absolute Gasteiger partial charge is 0.257 e. The van der Waals surface area contributed by atoms with Gasteiger partial charge in [0.1, 0.15) is 0 Å². The molecule has 2 N–H and O–H groups in total. The topological polar surface area (TPSA) is 84.8 Å². The summed E-state index contributed by atoms with van der Waals surface area (Å²) in [5.74, 6) is 0.497. The number of allylic oxidation sites excluding steroid dienone is 1. The molecule has 5 nitrogen and oxygen atoms in total. The largest absolute Gasteiger partial charge is 0.478 e. The summed E-state index contributed by atoms with van der Waals surface area (Å²) in [5.41, 5.74) is 5.98. The summed E-state index contributed by atoms with van der Waals surface area (Å²) in [7, 11) is 1.46. The van der Waals surface area contributed by atoms with Gasteiger partial charge in [0.05, 0.1) is 25.1 Å². The van der Waals surface area contributed by atoms with Crippen LogP contribution in [0.2, 0.25) is 0 Å². The first kappa shape index (κ1) is 9.00. The Bertz CT molecular complexity index is 367. The number of nitriles is 1. The number of anilines is 1. The van der Waals surface area contributed by atoms with Crippen LogP contribution >= 0.6 is 0 Å². The Morgan fingerprint density at radius 1 is 1.69 bits per heavy atom. The maximum atomic E-state index is 8.27. The lowest BCUT2D eigenvalue weighted by molar-refractivity contribution is 0.398. The SMILES string of the molecule is COc1nc(C=CC#N)cnc1N. The van der Waals surface area contributed by atoms with Gasteiger partial charge in [-0.2, -0.15) is 5.26 Å². The van der Waals surface area contributed by atoms with Gasteiger partial charge < -0.3 is 10.5 Å². The molecule has 0 aliphatic rings. The van der Waals surface area contributed by atoms with Gasteiger partial charge in [0.2, 0.25) is 0 Å². The molecule has 0 aromatic carbocycles. The molecule has 66 valence electrons. The number of rotatable bonds is 2. The summed E-state index contributed by atoms with van der Waals surface area (Å²) in [6.45, 7) is 0. The third-order valence-corrected chi connectivity index (χ3v) is 1.31. The molecule has 1 aromatic rings. The lowest BCUT2D eigenvalue weighted by Crippen LogP contribution is -1.99. The van der Waals surface area contributed by atoms with Crippen LogP contribution in [-0.4, -0.2) is 17.1 Å². The zero-order chi connectivity index (χ0) is 9.68. The van der Waals surface area contributed by atoms with Gasteiger partial charge in [-0.05, 0) is 6.08 Å². The van der Waals surface area contributed by atoms with Gasteiger partial charge in [-0.3, -0.25) is 0 Å². The van der Waals surface area contributed by atoms with Crippen LogP contribution in [0.3, 0.4) is 0 Å². The van der Waals surface area contributed by atoms with Crippen molar-refractivity contribution >= 4 is 11.9 Å². The molecular formula is C8H8N4O. The van der Waals surface area contributed by atoms with Crippen LogP contribution in [0.5, 0.6) is 5.88 Å². The molecule has 0 unspecified atom stereocenters. The maximum Gasteiger partial charge on any atom is 0.257 e. The molecule has 0 spiro atoms. The fraction of sp³-hybridized carbons (Fsp3) is 0.125. The summed E-state index contributed by atoms with van der Waals surface area (Å²) < 4.78 is 4.85. The number of methoxy groups -OCH3 is 1. The zero-order valence-corrected chi connectivity index (χ0v) is 7.06. The lowest BCUT2D eigenvalue weighted by atomic mass is 10.4. The van der Waals surface area contributed by atoms with Crippen molar-refractivity contribution in [3.8, 4) is 11.9 Å². The minimum Gasteiger partial charge on any atom is -0.478 e. The molecule has 0 radical (unpaired) electrons. The van der Waals surface area contributed by atoms with E-state index in [1.807, 2.05) is 6.07 Å². The summed E-state index contributed by atoms with van der Waals surface area (Å²) in [4.78, 5) is 7.81. The van der Waals surface area contributed by atoms with Crippen LogP contribution in [-0.2, 0) is 0 Å². The second kappa shape index (κ2) is 4.07. The van der Waals surface area contributed by atoms with Crippen molar-refractivity contribution in [1.82, 2.24) is 9.97 Å². The number of ether oxygens (including phenoxy) is 1. The Morgan fingerprint density at radius 2 is 2.46 bits per heavy atom. The van der Waals surface area contributed by atoms with Crippen molar-refractivity contribution < 1.29 is 4.74 Å². The number of nitrogen functional groups attached to an aromatic ring is 1. The van der Waals surface area contributed by atoms with E-state index in [1.165, 1.54) is 25.5 Å². The average molecular weight is 176 g/mol. The van der Waals surface area contributed by atoms with Gasteiger partial charge in [-0.25, -0.2) is 9.97 Å². The summed E-state index contributed by atoms with van der Waals surface area (Å²) in [6.07, 6.45) is 4.29. The van der Waals surface area contributed by atoms with Gasteiger partial charge in [-0.1, -0.05) is 0 Å². The molecule has 1 rings (SSSR count). The number of nitrogens with zero attached hydrogens (tertiary/aromatic N) is 3. The average Bonchev–Trinajstić information content (AvgIpc) is 2.16. The molecule has 0 saturated heterocycles. The number of hydrogen-bond donors (Lipinski definition) is 1. The Kier molecular flexibility index (Phi) is 2.82.